The zero-order valence-corrected chi connectivity index (χ0v) is 7.43. The quantitative estimate of drug-likeness (QED) is 0.505. The smallest absolute Gasteiger partial charge is 0.220 e. The first-order valence-electron chi connectivity index (χ1n) is 3.71. The van der Waals surface area contributed by atoms with E-state index in [0.717, 1.165) is 11.8 Å². The lowest BCUT2D eigenvalue weighted by Crippen LogP contribution is -2.38. The van der Waals surface area contributed by atoms with Crippen LogP contribution in [0.3, 0.4) is 0 Å². The highest BCUT2D eigenvalue weighted by atomic mass is 32.2. The Kier molecular flexibility index (Phi) is 2.98. The van der Waals surface area contributed by atoms with Crippen LogP contribution in [-0.2, 0) is 4.79 Å². The predicted octanol–water partition coefficient (Wildman–Crippen LogP) is -0.672. The van der Waals surface area contributed by atoms with E-state index in [9.17, 15) is 15.0 Å². The summed E-state index contributed by atoms with van der Waals surface area (Å²) in [5, 5.41) is 19.4. The van der Waals surface area contributed by atoms with Gasteiger partial charge in [0, 0.05) is 19.4 Å². The molecule has 0 aromatic heterocycles. The van der Waals surface area contributed by atoms with Gasteiger partial charge in [0.1, 0.15) is 0 Å². The Labute approximate surface area is 75.3 Å². The average molecular weight is 190 g/mol. The van der Waals surface area contributed by atoms with E-state index in [1.807, 2.05) is 0 Å². The summed E-state index contributed by atoms with van der Waals surface area (Å²) in [5.74, 6) is 0.0425. The van der Waals surface area contributed by atoms with E-state index >= 15 is 0 Å². The fourth-order valence-electron chi connectivity index (χ4n) is 1.13. The molecule has 0 saturated carbocycles. The molecule has 0 bridgehead atoms. The maximum atomic E-state index is 10.4. The summed E-state index contributed by atoms with van der Waals surface area (Å²) in [6, 6.07) is 0. The maximum Gasteiger partial charge on any atom is 0.220 e. The van der Waals surface area contributed by atoms with Crippen molar-refractivity contribution in [3.8, 4) is 0 Å². The standard InChI is InChI=1S/C7H12NO3S/c1-5(9)8-4-6-2-3-12-7(6,10)11/h6,10-11H,1-4H2,(H,8,9). The van der Waals surface area contributed by atoms with Crippen molar-refractivity contribution in [1.82, 2.24) is 5.32 Å². The Morgan fingerprint density at radius 3 is 2.83 bits per heavy atom. The van der Waals surface area contributed by atoms with Gasteiger partial charge in [0.25, 0.3) is 0 Å². The number of rotatable bonds is 2. The van der Waals surface area contributed by atoms with E-state index in [-0.39, 0.29) is 18.4 Å². The second-order valence-corrected chi connectivity index (χ2v) is 4.09. The number of carbonyl (C=O) groups is 1. The molecule has 5 heteroatoms. The molecule has 0 spiro atoms. The monoisotopic (exact) mass is 190 g/mol. The van der Waals surface area contributed by atoms with Crippen LogP contribution < -0.4 is 5.32 Å². The van der Waals surface area contributed by atoms with E-state index in [1.165, 1.54) is 0 Å². The molecule has 12 heavy (non-hydrogen) atoms. The zero-order chi connectivity index (χ0) is 9.19. The molecule has 4 nitrogen and oxygen atoms in total. The fourth-order valence-corrected chi connectivity index (χ4v) is 2.27. The van der Waals surface area contributed by atoms with Crippen LogP contribution in [0.4, 0.5) is 0 Å². The molecule has 1 aliphatic heterocycles. The van der Waals surface area contributed by atoms with Crippen molar-refractivity contribution in [2.45, 2.75) is 11.5 Å². The number of amides is 1. The summed E-state index contributed by atoms with van der Waals surface area (Å²) in [6.45, 7) is 3.41. The van der Waals surface area contributed by atoms with E-state index in [0.29, 0.717) is 12.2 Å². The van der Waals surface area contributed by atoms with Gasteiger partial charge < -0.3 is 15.5 Å². The lowest BCUT2D eigenvalue weighted by Gasteiger charge is -2.22. The Balaban J connectivity index is 2.36. The Bertz CT molecular complexity index is 183. The minimum Gasteiger partial charge on any atom is -0.357 e. The molecule has 69 valence electrons. The van der Waals surface area contributed by atoms with Crippen molar-refractivity contribution in [3.63, 3.8) is 0 Å². The predicted molar refractivity (Wildman–Crippen MR) is 46.1 cm³/mol. The third-order valence-corrected chi connectivity index (χ3v) is 3.06. The van der Waals surface area contributed by atoms with Gasteiger partial charge in [-0.3, -0.25) is 4.79 Å². The summed E-state index contributed by atoms with van der Waals surface area (Å²) >= 11 is 1.10. The highest BCUT2D eigenvalue weighted by Crippen LogP contribution is 2.37. The minimum atomic E-state index is -1.68. The molecule has 0 aromatic rings. The summed E-state index contributed by atoms with van der Waals surface area (Å²) < 4.78 is 0. The third kappa shape index (κ3) is 2.36. The molecular weight excluding hydrogens is 178 g/mol. The normalized spacial score (nSPS) is 27.1. The van der Waals surface area contributed by atoms with Crippen LogP contribution in [0.1, 0.15) is 6.42 Å². The van der Waals surface area contributed by atoms with Crippen LogP contribution >= 0.6 is 11.8 Å². The van der Waals surface area contributed by atoms with Gasteiger partial charge in [0.05, 0.1) is 0 Å². The third-order valence-electron chi connectivity index (χ3n) is 1.86. The number of carbonyl (C=O) groups excluding carboxylic acids is 1. The largest absolute Gasteiger partial charge is 0.357 e. The van der Waals surface area contributed by atoms with E-state index in [4.69, 9.17) is 0 Å². The molecule has 1 saturated heterocycles. The number of hydrogen-bond donors (Lipinski definition) is 3. The summed E-state index contributed by atoms with van der Waals surface area (Å²) in [6.07, 6.45) is 0.706. The van der Waals surface area contributed by atoms with Crippen molar-refractivity contribution in [2.75, 3.05) is 12.3 Å². The van der Waals surface area contributed by atoms with Gasteiger partial charge in [0.2, 0.25) is 11.0 Å². The van der Waals surface area contributed by atoms with E-state index in [2.05, 4.69) is 12.2 Å². The molecule has 1 heterocycles. The van der Waals surface area contributed by atoms with Crippen LogP contribution in [0.2, 0.25) is 0 Å². The summed E-state index contributed by atoms with van der Waals surface area (Å²) in [7, 11) is 0. The van der Waals surface area contributed by atoms with Crippen LogP contribution in [0.5, 0.6) is 0 Å². The lowest BCUT2D eigenvalue weighted by atomic mass is 10.1. The summed E-state index contributed by atoms with van der Waals surface area (Å²) in [5.41, 5.74) is 0. The van der Waals surface area contributed by atoms with Crippen LogP contribution in [0, 0.1) is 12.8 Å². The number of thioether (sulfide) groups is 1. The first kappa shape index (κ1) is 9.83. The molecule has 1 unspecified atom stereocenters. The van der Waals surface area contributed by atoms with E-state index in [1.54, 1.807) is 0 Å². The number of hydrogen-bond acceptors (Lipinski definition) is 4. The second-order valence-electron chi connectivity index (χ2n) is 2.80. The molecule has 0 aliphatic carbocycles. The Morgan fingerprint density at radius 1 is 1.75 bits per heavy atom. The zero-order valence-electron chi connectivity index (χ0n) is 6.62. The van der Waals surface area contributed by atoms with Gasteiger partial charge in [-0.2, -0.15) is 0 Å². The van der Waals surface area contributed by atoms with Crippen LogP contribution in [0.25, 0.3) is 0 Å². The average Bonchev–Trinajstić information content (AvgIpc) is 2.25. The summed E-state index contributed by atoms with van der Waals surface area (Å²) in [4.78, 5) is 10.4. The topological polar surface area (TPSA) is 69.6 Å². The van der Waals surface area contributed by atoms with Gasteiger partial charge in [-0.05, 0) is 12.2 Å². The van der Waals surface area contributed by atoms with Crippen molar-refractivity contribution >= 4 is 17.7 Å². The molecule has 3 N–H and O–H groups in total. The highest BCUT2D eigenvalue weighted by molar-refractivity contribution is 8.00. The highest BCUT2D eigenvalue weighted by Gasteiger charge is 2.40. The van der Waals surface area contributed by atoms with Gasteiger partial charge in [-0.15, -0.1) is 0 Å². The van der Waals surface area contributed by atoms with Gasteiger partial charge in [-0.25, -0.2) is 0 Å². The molecular formula is C7H12NO3S. The first-order valence-corrected chi connectivity index (χ1v) is 4.69. The van der Waals surface area contributed by atoms with Crippen molar-refractivity contribution in [2.24, 2.45) is 5.92 Å². The fraction of sp³-hybridized carbons (Fsp3) is 0.714. The van der Waals surface area contributed by atoms with Crippen LogP contribution in [0.15, 0.2) is 0 Å². The van der Waals surface area contributed by atoms with Crippen molar-refractivity contribution in [3.05, 3.63) is 6.92 Å². The molecule has 1 amide bonds. The van der Waals surface area contributed by atoms with Crippen LogP contribution in [-0.4, -0.2) is 33.5 Å². The molecule has 1 radical (unpaired) electrons. The van der Waals surface area contributed by atoms with Gasteiger partial charge in [0.15, 0.2) is 0 Å². The number of aliphatic hydroxyl groups is 2. The minimum absolute atomic E-state index is 0.280. The molecule has 1 fully saturated rings. The maximum absolute atomic E-state index is 10.4. The van der Waals surface area contributed by atoms with Gasteiger partial charge >= 0.3 is 0 Å². The van der Waals surface area contributed by atoms with E-state index < -0.39 is 5.12 Å². The van der Waals surface area contributed by atoms with Gasteiger partial charge in [-0.1, -0.05) is 11.8 Å². The molecule has 1 atom stereocenters. The molecule has 1 rings (SSSR count). The molecule has 0 aromatic carbocycles. The Hall–Kier alpha value is -0.260. The Morgan fingerprint density at radius 2 is 2.42 bits per heavy atom. The lowest BCUT2D eigenvalue weighted by molar-refractivity contribution is -0.122. The first-order chi connectivity index (χ1) is 5.52. The number of nitrogens with one attached hydrogen (secondary N) is 1. The SMILES string of the molecule is [CH2]C(=O)NCC1CCSC1(O)O. The molecule has 1 aliphatic rings. The van der Waals surface area contributed by atoms with Crippen molar-refractivity contribution < 1.29 is 15.0 Å². The second kappa shape index (κ2) is 3.64. The van der Waals surface area contributed by atoms with Crippen molar-refractivity contribution in [1.29, 1.82) is 0 Å².